The maximum absolute atomic E-state index is 11.5. The summed E-state index contributed by atoms with van der Waals surface area (Å²) in [7, 11) is 0. The van der Waals surface area contributed by atoms with Gasteiger partial charge in [0.2, 0.25) is 0 Å². The van der Waals surface area contributed by atoms with Crippen molar-refractivity contribution in [1.29, 1.82) is 0 Å². The lowest BCUT2D eigenvalue weighted by molar-refractivity contribution is -0.151. The minimum atomic E-state index is -0.797. The molecule has 0 radical (unpaired) electrons. The zero-order valence-electron chi connectivity index (χ0n) is 11.1. The molecule has 1 heterocycles. The molecule has 0 aromatic heterocycles. The molecule has 0 unspecified atom stereocenters. The Kier molecular flexibility index (Phi) is 4.76. The molecule has 0 bridgehead atoms. The van der Waals surface area contributed by atoms with Crippen LogP contribution >= 0.6 is 0 Å². The van der Waals surface area contributed by atoms with Gasteiger partial charge in [0.05, 0.1) is 12.0 Å². The number of allylic oxidation sites excluding steroid dienone is 1. The van der Waals surface area contributed by atoms with Crippen LogP contribution in [0, 0.1) is 5.41 Å². The van der Waals surface area contributed by atoms with Gasteiger partial charge in [0.15, 0.2) is 0 Å². The van der Waals surface area contributed by atoms with Gasteiger partial charge in [-0.1, -0.05) is 5.57 Å². The molecule has 5 nitrogen and oxygen atoms in total. The fourth-order valence-electron chi connectivity index (χ4n) is 2.38. The molecule has 1 N–H and O–H groups in total. The van der Waals surface area contributed by atoms with E-state index in [0.717, 1.165) is 5.57 Å². The number of likely N-dealkylation sites (tertiary alicyclic amines) is 1. The molecule has 18 heavy (non-hydrogen) atoms. The third-order valence-corrected chi connectivity index (χ3v) is 3.34. The first kappa shape index (κ1) is 14.5. The molecule has 0 aliphatic carbocycles. The number of nitrogens with zero attached hydrogens (tertiary/aromatic N) is 1. The van der Waals surface area contributed by atoms with E-state index >= 15 is 0 Å². The van der Waals surface area contributed by atoms with Crippen LogP contribution in [-0.4, -0.2) is 41.8 Å². The fraction of sp³-hybridized carbons (Fsp3) is 0.692. The smallest absolute Gasteiger partial charge is 0.409 e. The van der Waals surface area contributed by atoms with E-state index in [1.165, 1.54) is 0 Å². The van der Waals surface area contributed by atoms with Crippen molar-refractivity contribution in [3.05, 3.63) is 12.2 Å². The highest BCUT2D eigenvalue weighted by atomic mass is 16.6. The molecule has 0 aromatic rings. The van der Waals surface area contributed by atoms with E-state index in [-0.39, 0.29) is 6.09 Å². The molecular formula is C13H21NO4. The van der Waals surface area contributed by atoms with Gasteiger partial charge in [-0.25, -0.2) is 4.79 Å². The van der Waals surface area contributed by atoms with E-state index in [0.29, 0.717) is 39.0 Å². The molecule has 1 saturated heterocycles. The molecule has 102 valence electrons. The standard InChI is InChI=1S/C13H21NO4/c1-4-18-12(17)14-7-5-13(6-8-14,11(15)16)9-10(2)3/h2,4-9H2,1,3H3,(H,15,16). The summed E-state index contributed by atoms with van der Waals surface area (Å²) in [5, 5.41) is 9.39. The Labute approximate surface area is 107 Å². The quantitative estimate of drug-likeness (QED) is 0.782. The van der Waals surface area contributed by atoms with Gasteiger partial charge in [-0.2, -0.15) is 0 Å². The van der Waals surface area contributed by atoms with Crippen LogP contribution < -0.4 is 0 Å². The number of aliphatic carboxylic acids is 1. The van der Waals surface area contributed by atoms with E-state index < -0.39 is 11.4 Å². The topological polar surface area (TPSA) is 66.8 Å². The van der Waals surface area contributed by atoms with Crippen molar-refractivity contribution in [3.63, 3.8) is 0 Å². The number of carboxylic acids is 1. The van der Waals surface area contributed by atoms with Crippen molar-refractivity contribution in [3.8, 4) is 0 Å². The van der Waals surface area contributed by atoms with Crippen molar-refractivity contribution >= 4 is 12.1 Å². The number of carbonyl (C=O) groups is 2. The van der Waals surface area contributed by atoms with Crippen LogP contribution in [0.25, 0.3) is 0 Å². The molecule has 1 aliphatic rings. The summed E-state index contributed by atoms with van der Waals surface area (Å²) in [4.78, 5) is 24.6. The lowest BCUT2D eigenvalue weighted by Crippen LogP contribution is -2.46. The lowest BCUT2D eigenvalue weighted by atomic mass is 9.74. The van der Waals surface area contributed by atoms with Crippen LogP contribution in [0.15, 0.2) is 12.2 Å². The predicted octanol–water partition coefficient (Wildman–Crippen LogP) is 2.28. The Morgan fingerprint density at radius 3 is 2.33 bits per heavy atom. The highest BCUT2D eigenvalue weighted by molar-refractivity contribution is 5.76. The molecule has 1 fully saturated rings. The average molecular weight is 255 g/mol. The summed E-state index contributed by atoms with van der Waals surface area (Å²) in [6, 6.07) is 0. The highest BCUT2D eigenvalue weighted by Crippen LogP contribution is 2.37. The molecule has 1 rings (SSSR count). The summed E-state index contributed by atoms with van der Waals surface area (Å²) >= 11 is 0. The molecule has 0 saturated carbocycles. The van der Waals surface area contributed by atoms with Crippen LogP contribution in [0.1, 0.15) is 33.1 Å². The number of piperidine rings is 1. The van der Waals surface area contributed by atoms with E-state index in [4.69, 9.17) is 4.74 Å². The van der Waals surface area contributed by atoms with Crippen LogP contribution in [-0.2, 0) is 9.53 Å². The lowest BCUT2D eigenvalue weighted by Gasteiger charge is -2.38. The molecular weight excluding hydrogens is 234 g/mol. The molecule has 0 spiro atoms. The Morgan fingerprint density at radius 1 is 1.39 bits per heavy atom. The highest BCUT2D eigenvalue weighted by Gasteiger charge is 2.42. The first-order valence-electron chi connectivity index (χ1n) is 6.21. The van der Waals surface area contributed by atoms with Crippen molar-refractivity contribution in [2.24, 2.45) is 5.41 Å². The Bertz CT molecular complexity index is 343. The summed E-state index contributed by atoms with van der Waals surface area (Å²) in [5.41, 5.74) is 0.0939. The first-order chi connectivity index (χ1) is 8.41. The number of rotatable bonds is 4. The number of hydrogen-bond donors (Lipinski definition) is 1. The fourth-order valence-corrected chi connectivity index (χ4v) is 2.38. The Balaban J connectivity index is 2.66. The third-order valence-electron chi connectivity index (χ3n) is 3.34. The minimum absolute atomic E-state index is 0.338. The average Bonchev–Trinajstić information content (AvgIpc) is 2.29. The normalized spacial score (nSPS) is 18.2. The van der Waals surface area contributed by atoms with E-state index in [2.05, 4.69) is 6.58 Å². The van der Waals surface area contributed by atoms with Crippen LogP contribution in [0.5, 0.6) is 0 Å². The molecule has 5 heteroatoms. The zero-order chi connectivity index (χ0) is 13.8. The van der Waals surface area contributed by atoms with Crippen LogP contribution in [0.3, 0.4) is 0 Å². The van der Waals surface area contributed by atoms with Gasteiger partial charge >= 0.3 is 12.1 Å². The third kappa shape index (κ3) is 3.24. The Hall–Kier alpha value is -1.52. The van der Waals surface area contributed by atoms with Crippen LogP contribution in [0.4, 0.5) is 4.79 Å². The summed E-state index contributed by atoms with van der Waals surface area (Å²) in [5.74, 6) is -0.797. The predicted molar refractivity (Wildman–Crippen MR) is 67.3 cm³/mol. The van der Waals surface area contributed by atoms with Crippen molar-refractivity contribution < 1.29 is 19.4 Å². The first-order valence-corrected chi connectivity index (χ1v) is 6.21. The van der Waals surface area contributed by atoms with Crippen molar-refractivity contribution in [2.45, 2.75) is 33.1 Å². The molecule has 1 aliphatic heterocycles. The maximum atomic E-state index is 11.5. The summed E-state index contributed by atoms with van der Waals surface area (Å²) < 4.78 is 4.91. The number of carboxylic acid groups (broad SMARTS) is 1. The second-order valence-electron chi connectivity index (χ2n) is 4.91. The zero-order valence-corrected chi connectivity index (χ0v) is 11.1. The van der Waals surface area contributed by atoms with Gasteiger partial charge in [-0.15, -0.1) is 6.58 Å². The second-order valence-corrected chi connectivity index (χ2v) is 4.91. The molecule has 0 atom stereocenters. The van der Waals surface area contributed by atoms with E-state index in [1.54, 1.807) is 11.8 Å². The number of amides is 1. The van der Waals surface area contributed by atoms with Gasteiger partial charge in [0.25, 0.3) is 0 Å². The van der Waals surface area contributed by atoms with E-state index in [1.807, 2.05) is 6.92 Å². The second kappa shape index (κ2) is 5.89. The SMILES string of the molecule is C=C(C)CC1(C(=O)O)CCN(C(=O)OCC)CC1. The number of carbonyl (C=O) groups excluding carboxylic acids is 1. The van der Waals surface area contributed by atoms with Gasteiger partial charge in [0, 0.05) is 13.1 Å². The summed E-state index contributed by atoms with van der Waals surface area (Å²) in [6.45, 7) is 8.58. The number of ether oxygens (including phenoxy) is 1. The van der Waals surface area contributed by atoms with Crippen molar-refractivity contribution in [2.75, 3.05) is 19.7 Å². The van der Waals surface area contributed by atoms with Crippen molar-refractivity contribution in [1.82, 2.24) is 4.90 Å². The van der Waals surface area contributed by atoms with Gasteiger partial charge < -0.3 is 14.7 Å². The minimum Gasteiger partial charge on any atom is -0.481 e. The molecule has 0 aromatic carbocycles. The Morgan fingerprint density at radius 2 is 1.94 bits per heavy atom. The summed E-state index contributed by atoms with van der Waals surface area (Å²) in [6.07, 6.45) is 1.02. The van der Waals surface area contributed by atoms with Gasteiger partial charge in [-0.3, -0.25) is 4.79 Å². The van der Waals surface area contributed by atoms with Gasteiger partial charge in [-0.05, 0) is 33.1 Å². The van der Waals surface area contributed by atoms with E-state index in [9.17, 15) is 14.7 Å². The number of hydrogen-bond acceptors (Lipinski definition) is 3. The van der Waals surface area contributed by atoms with Crippen LogP contribution in [0.2, 0.25) is 0 Å². The largest absolute Gasteiger partial charge is 0.481 e. The maximum Gasteiger partial charge on any atom is 0.409 e. The molecule has 1 amide bonds. The van der Waals surface area contributed by atoms with Gasteiger partial charge in [0.1, 0.15) is 0 Å². The monoisotopic (exact) mass is 255 g/mol.